The summed E-state index contributed by atoms with van der Waals surface area (Å²) in [6.07, 6.45) is 4.96. The number of methoxy groups -OCH3 is 1. The van der Waals surface area contributed by atoms with Crippen LogP contribution in [0.1, 0.15) is 13.3 Å². The number of nitrogens with zero attached hydrogens (tertiary/aromatic N) is 3. The van der Waals surface area contributed by atoms with Crippen LogP contribution in [0.4, 0.5) is 5.95 Å². The van der Waals surface area contributed by atoms with E-state index in [-0.39, 0.29) is 6.10 Å². The molecule has 2 rings (SSSR count). The average Bonchev–Trinajstić information content (AvgIpc) is 2.31. The summed E-state index contributed by atoms with van der Waals surface area (Å²) in [5.41, 5.74) is 0. The van der Waals surface area contributed by atoms with Crippen molar-refractivity contribution in [3.63, 3.8) is 0 Å². The molecule has 16 heavy (non-hydrogen) atoms. The molecule has 0 aromatic carbocycles. The maximum atomic E-state index is 5.47. The number of ether oxygens (including phenoxy) is 1. The molecule has 0 saturated carbocycles. The Hall–Kier alpha value is -0.680. The van der Waals surface area contributed by atoms with Gasteiger partial charge < -0.3 is 9.64 Å². The summed E-state index contributed by atoms with van der Waals surface area (Å²) in [5.74, 6) is 1.40. The van der Waals surface area contributed by atoms with Gasteiger partial charge in [-0.15, -0.1) is 0 Å². The van der Waals surface area contributed by atoms with Crippen molar-refractivity contribution in [2.75, 3.05) is 25.1 Å². The number of hydrogen-bond donors (Lipinski definition) is 0. The molecule has 4 nitrogen and oxygen atoms in total. The second-order valence-corrected chi connectivity index (χ2v) is 5.10. The molecule has 2 heterocycles. The van der Waals surface area contributed by atoms with E-state index in [1.54, 1.807) is 19.5 Å². The first-order valence-corrected chi connectivity index (χ1v) is 6.25. The molecule has 2 unspecified atom stereocenters. The molecule has 1 aliphatic rings. The van der Waals surface area contributed by atoms with Crippen LogP contribution in [0.15, 0.2) is 16.9 Å². The summed E-state index contributed by atoms with van der Waals surface area (Å²) in [7, 11) is 1.77. The van der Waals surface area contributed by atoms with E-state index in [1.165, 1.54) is 0 Å². The molecule has 1 aromatic rings. The number of piperidine rings is 1. The van der Waals surface area contributed by atoms with Gasteiger partial charge in [-0.3, -0.25) is 0 Å². The molecule has 5 heteroatoms. The normalized spacial score (nSPS) is 25.8. The Labute approximate surface area is 104 Å². The van der Waals surface area contributed by atoms with E-state index in [0.717, 1.165) is 29.9 Å². The molecule has 1 aromatic heterocycles. The number of aromatic nitrogens is 2. The van der Waals surface area contributed by atoms with Crippen molar-refractivity contribution in [3.8, 4) is 0 Å². The molecule has 0 radical (unpaired) electrons. The van der Waals surface area contributed by atoms with Gasteiger partial charge in [-0.05, 0) is 28.3 Å². The van der Waals surface area contributed by atoms with E-state index in [4.69, 9.17) is 4.74 Å². The van der Waals surface area contributed by atoms with E-state index in [9.17, 15) is 0 Å². The largest absolute Gasteiger partial charge is 0.379 e. The Morgan fingerprint density at radius 1 is 1.44 bits per heavy atom. The van der Waals surface area contributed by atoms with E-state index in [1.807, 2.05) is 0 Å². The van der Waals surface area contributed by atoms with Crippen LogP contribution < -0.4 is 4.90 Å². The maximum absolute atomic E-state index is 5.47. The van der Waals surface area contributed by atoms with Crippen LogP contribution in [0.25, 0.3) is 0 Å². The van der Waals surface area contributed by atoms with Gasteiger partial charge in [0.1, 0.15) is 0 Å². The summed E-state index contributed by atoms with van der Waals surface area (Å²) < 4.78 is 6.38. The zero-order valence-electron chi connectivity index (χ0n) is 9.56. The van der Waals surface area contributed by atoms with Gasteiger partial charge in [0.25, 0.3) is 0 Å². The van der Waals surface area contributed by atoms with Gasteiger partial charge in [0.2, 0.25) is 5.95 Å². The standard InChI is InChI=1S/C11H16BrN3O/c1-8-3-4-15(7-10(8)16-2)11-13-5-9(12)6-14-11/h5-6,8,10H,3-4,7H2,1-2H3. The lowest BCUT2D eigenvalue weighted by Crippen LogP contribution is -2.44. The van der Waals surface area contributed by atoms with Gasteiger partial charge in [-0.25, -0.2) is 9.97 Å². The summed E-state index contributed by atoms with van der Waals surface area (Å²) in [4.78, 5) is 10.8. The minimum Gasteiger partial charge on any atom is -0.379 e. The zero-order chi connectivity index (χ0) is 11.5. The van der Waals surface area contributed by atoms with Crippen LogP contribution in [-0.2, 0) is 4.74 Å². The summed E-state index contributed by atoms with van der Waals surface area (Å²) in [6.45, 7) is 4.11. The van der Waals surface area contributed by atoms with Crippen LogP contribution in [0.3, 0.4) is 0 Å². The second kappa shape index (κ2) is 5.10. The zero-order valence-corrected chi connectivity index (χ0v) is 11.1. The Morgan fingerprint density at radius 3 is 2.75 bits per heavy atom. The molecule has 1 fully saturated rings. The first-order chi connectivity index (χ1) is 7.70. The van der Waals surface area contributed by atoms with Crippen molar-refractivity contribution in [2.45, 2.75) is 19.4 Å². The van der Waals surface area contributed by atoms with E-state index >= 15 is 0 Å². The first kappa shape index (κ1) is 11.8. The summed E-state index contributed by atoms with van der Waals surface area (Å²) in [6, 6.07) is 0. The lowest BCUT2D eigenvalue weighted by molar-refractivity contribution is 0.0494. The fraction of sp³-hybridized carbons (Fsp3) is 0.636. The molecular weight excluding hydrogens is 270 g/mol. The van der Waals surface area contributed by atoms with Crippen molar-refractivity contribution in [1.82, 2.24) is 9.97 Å². The third-order valence-electron chi connectivity index (χ3n) is 3.08. The third kappa shape index (κ3) is 2.52. The second-order valence-electron chi connectivity index (χ2n) is 4.19. The van der Waals surface area contributed by atoms with Gasteiger partial charge in [-0.1, -0.05) is 6.92 Å². The molecule has 88 valence electrons. The minimum atomic E-state index is 0.279. The molecule has 0 N–H and O–H groups in total. The van der Waals surface area contributed by atoms with Crippen molar-refractivity contribution in [1.29, 1.82) is 0 Å². The molecule has 0 bridgehead atoms. The van der Waals surface area contributed by atoms with Crippen molar-refractivity contribution >= 4 is 21.9 Å². The molecular formula is C11H16BrN3O. The molecule has 1 aliphatic heterocycles. The highest BCUT2D eigenvalue weighted by atomic mass is 79.9. The fourth-order valence-electron chi connectivity index (χ4n) is 1.99. The van der Waals surface area contributed by atoms with Crippen molar-refractivity contribution in [3.05, 3.63) is 16.9 Å². The van der Waals surface area contributed by atoms with Crippen molar-refractivity contribution in [2.24, 2.45) is 5.92 Å². The van der Waals surface area contributed by atoms with Crippen LogP contribution in [0.2, 0.25) is 0 Å². The number of halogens is 1. The fourth-order valence-corrected chi connectivity index (χ4v) is 2.20. The molecule has 0 spiro atoms. The topological polar surface area (TPSA) is 38.2 Å². The first-order valence-electron chi connectivity index (χ1n) is 5.46. The van der Waals surface area contributed by atoms with E-state index in [2.05, 4.69) is 37.7 Å². The predicted octanol–water partition coefficient (Wildman–Crippen LogP) is 2.10. The minimum absolute atomic E-state index is 0.279. The molecule has 2 atom stereocenters. The smallest absolute Gasteiger partial charge is 0.225 e. The molecule has 0 amide bonds. The SMILES string of the molecule is COC1CN(c2ncc(Br)cn2)CCC1C. The lowest BCUT2D eigenvalue weighted by Gasteiger charge is -2.36. The van der Waals surface area contributed by atoms with Crippen LogP contribution >= 0.6 is 15.9 Å². The predicted molar refractivity (Wildman–Crippen MR) is 66.5 cm³/mol. The highest BCUT2D eigenvalue weighted by molar-refractivity contribution is 9.10. The van der Waals surface area contributed by atoms with Crippen LogP contribution in [0, 0.1) is 5.92 Å². The summed E-state index contributed by atoms with van der Waals surface area (Å²) >= 11 is 3.34. The Kier molecular flexibility index (Phi) is 3.76. The quantitative estimate of drug-likeness (QED) is 0.834. The molecule has 1 saturated heterocycles. The van der Waals surface area contributed by atoms with Crippen LogP contribution in [-0.4, -0.2) is 36.3 Å². The Morgan fingerprint density at radius 2 is 2.12 bits per heavy atom. The lowest BCUT2D eigenvalue weighted by atomic mass is 9.96. The van der Waals surface area contributed by atoms with Gasteiger partial charge >= 0.3 is 0 Å². The maximum Gasteiger partial charge on any atom is 0.225 e. The Balaban J connectivity index is 2.08. The van der Waals surface area contributed by atoms with Gasteiger partial charge in [-0.2, -0.15) is 0 Å². The highest BCUT2D eigenvalue weighted by Gasteiger charge is 2.27. The number of hydrogen-bond acceptors (Lipinski definition) is 4. The summed E-state index contributed by atoms with van der Waals surface area (Å²) in [5, 5.41) is 0. The number of rotatable bonds is 2. The van der Waals surface area contributed by atoms with E-state index < -0.39 is 0 Å². The van der Waals surface area contributed by atoms with E-state index in [0.29, 0.717) is 5.92 Å². The highest BCUT2D eigenvalue weighted by Crippen LogP contribution is 2.22. The monoisotopic (exact) mass is 285 g/mol. The Bertz CT molecular complexity index is 344. The number of anilines is 1. The third-order valence-corrected chi connectivity index (χ3v) is 3.49. The molecule has 0 aliphatic carbocycles. The van der Waals surface area contributed by atoms with Gasteiger partial charge in [0, 0.05) is 32.6 Å². The van der Waals surface area contributed by atoms with Crippen molar-refractivity contribution < 1.29 is 4.74 Å². The average molecular weight is 286 g/mol. The van der Waals surface area contributed by atoms with Gasteiger partial charge in [0.05, 0.1) is 10.6 Å². The van der Waals surface area contributed by atoms with Gasteiger partial charge in [0.15, 0.2) is 0 Å². The van der Waals surface area contributed by atoms with Crippen LogP contribution in [0.5, 0.6) is 0 Å².